The van der Waals surface area contributed by atoms with E-state index in [1.165, 1.54) is 24.0 Å². The Morgan fingerprint density at radius 1 is 1.22 bits per heavy atom. The zero-order valence-electron chi connectivity index (χ0n) is 11.8. The number of rotatable bonds is 9. The third-order valence-electron chi connectivity index (χ3n) is 3.34. The number of ether oxygens (including phenoxy) is 1. The highest BCUT2D eigenvalue weighted by atomic mass is 16.5. The van der Waals surface area contributed by atoms with Crippen molar-refractivity contribution in [2.24, 2.45) is 5.73 Å². The van der Waals surface area contributed by atoms with Gasteiger partial charge in [-0.05, 0) is 43.4 Å². The molecule has 0 bridgehead atoms. The highest BCUT2D eigenvalue weighted by molar-refractivity contribution is 5.24. The molecule has 0 saturated carbocycles. The normalized spacial score (nSPS) is 12.6. The van der Waals surface area contributed by atoms with E-state index in [1.807, 2.05) is 7.11 Å². The summed E-state index contributed by atoms with van der Waals surface area (Å²) < 4.78 is 5.56. The minimum atomic E-state index is 0.356. The predicted molar refractivity (Wildman–Crippen MR) is 77.8 cm³/mol. The van der Waals surface area contributed by atoms with Gasteiger partial charge in [0, 0.05) is 7.11 Å². The first-order valence-electron chi connectivity index (χ1n) is 7.10. The lowest BCUT2D eigenvalue weighted by atomic mass is 10.00. The highest BCUT2D eigenvalue weighted by Gasteiger charge is 2.08. The van der Waals surface area contributed by atoms with Gasteiger partial charge in [0.05, 0.1) is 6.10 Å². The fourth-order valence-corrected chi connectivity index (χ4v) is 2.22. The van der Waals surface area contributed by atoms with E-state index >= 15 is 0 Å². The number of unbranched alkanes of at least 4 members (excludes halogenated alkanes) is 1. The molecule has 1 unspecified atom stereocenters. The second-order valence-electron chi connectivity index (χ2n) is 4.92. The van der Waals surface area contributed by atoms with Crippen molar-refractivity contribution in [1.29, 1.82) is 0 Å². The van der Waals surface area contributed by atoms with Crippen LogP contribution in [-0.2, 0) is 17.6 Å². The minimum absolute atomic E-state index is 0.356. The molecule has 0 radical (unpaired) electrons. The molecule has 0 aliphatic rings. The zero-order chi connectivity index (χ0) is 13.2. The molecule has 0 amide bonds. The van der Waals surface area contributed by atoms with Crippen molar-refractivity contribution in [2.45, 2.75) is 51.6 Å². The lowest BCUT2D eigenvalue weighted by Crippen LogP contribution is -2.14. The largest absolute Gasteiger partial charge is 0.381 e. The van der Waals surface area contributed by atoms with Crippen molar-refractivity contribution in [2.75, 3.05) is 13.7 Å². The molecule has 0 heterocycles. The van der Waals surface area contributed by atoms with Gasteiger partial charge in [0.25, 0.3) is 0 Å². The number of hydrogen-bond donors (Lipinski definition) is 1. The average Bonchev–Trinajstić information content (AvgIpc) is 2.41. The fourth-order valence-electron chi connectivity index (χ4n) is 2.22. The van der Waals surface area contributed by atoms with Crippen LogP contribution in [-0.4, -0.2) is 19.8 Å². The van der Waals surface area contributed by atoms with Crippen molar-refractivity contribution < 1.29 is 4.74 Å². The van der Waals surface area contributed by atoms with E-state index < -0.39 is 0 Å². The molecule has 1 rings (SSSR count). The molecule has 1 aromatic carbocycles. The molecule has 18 heavy (non-hydrogen) atoms. The van der Waals surface area contributed by atoms with E-state index in [2.05, 4.69) is 31.2 Å². The van der Waals surface area contributed by atoms with Crippen LogP contribution in [0.4, 0.5) is 0 Å². The van der Waals surface area contributed by atoms with Crippen LogP contribution in [0.5, 0.6) is 0 Å². The molecule has 2 nitrogen and oxygen atoms in total. The summed E-state index contributed by atoms with van der Waals surface area (Å²) in [5.41, 5.74) is 8.33. The minimum Gasteiger partial charge on any atom is -0.381 e. The molecule has 1 aromatic rings. The Bertz CT molecular complexity index is 325. The first-order chi connectivity index (χ1) is 8.80. The average molecular weight is 249 g/mol. The van der Waals surface area contributed by atoms with Crippen molar-refractivity contribution in [3.8, 4) is 0 Å². The molecule has 0 aromatic heterocycles. The lowest BCUT2D eigenvalue weighted by Gasteiger charge is -2.15. The van der Waals surface area contributed by atoms with Gasteiger partial charge in [-0.1, -0.05) is 44.0 Å². The third-order valence-corrected chi connectivity index (χ3v) is 3.34. The van der Waals surface area contributed by atoms with Gasteiger partial charge in [0.1, 0.15) is 0 Å². The molecular formula is C16H27NO. The maximum Gasteiger partial charge on any atom is 0.0611 e. The first kappa shape index (κ1) is 15.2. The first-order valence-corrected chi connectivity index (χ1v) is 7.10. The SMILES string of the molecule is CCCCC(Cc1cccc(CCCN)c1)OC. The van der Waals surface area contributed by atoms with E-state index in [1.54, 1.807) is 0 Å². The zero-order valence-corrected chi connectivity index (χ0v) is 11.8. The van der Waals surface area contributed by atoms with Gasteiger partial charge in [-0.3, -0.25) is 0 Å². The molecule has 2 heteroatoms. The summed E-state index contributed by atoms with van der Waals surface area (Å²) in [5.74, 6) is 0. The second kappa shape index (κ2) is 9.12. The van der Waals surface area contributed by atoms with E-state index in [0.717, 1.165) is 32.2 Å². The predicted octanol–water partition coefficient (Wildman–Crippen LogP) is 3.33. The van der Waals surface area contributed by atoms with Crippen LogP contribution in [0.2, 0.25) is 0 Å². The number of hydrogen-bond acceptors (Lipinski definition) is 2. The fraction of sp³-hybridized carbons (Fsp3) is 0.625. The molecule has 102 valence electrons. The summed E-state index contributed by atoms with van der Waals surface area (Å²) in [4.78, 5) is 0. The quantitative estimate of drug-likeness (QED) is 0.728. The lowest BCUT2D eigenvalue weighted by molar-refractivity contribution is 0.0935. The summed E-state index contributed by atoms with van der Waals surface area (Å²) in [6.07, 6.45) is 7.15. The van der Waals surface area contributed by atoms with Gasteiger partial charge in [0.2, 0.25) is 0 Å². The molecule has 0 aliphatic heterocycles. The molecular weight excluding hydrogens is 222 g/mol. The molecule has 0 saturated heterocycles. The van der Waals surface area contributed by atoms with Crippen molar-refractivity contribution >= 4 is 0 Å². The van der Waals surface area contributed by atoms with E-state index in [4.69, 9.17) is 10.5 Å². The third kappa shape index (κ3) is 5.65. The highest BCUT2D eigenvalue weighted by Crippen LogP contribution is 2.14. The monoisotopic (exact) mass is 249 g/mol. The summed E-state index contributed by atoms with van der Waals surface area (Å²) in [6.45, 7) is 2.99. The van der Waals surface area contributed by atoms with E-state index in [9.17, 15) is 0 Å². The number of methoxy groups -OCH3 is 1. The molecule has 2 N–H and O–H groups in total. The smallest absolute Gasteiger partial charge is 0.0611 e. The van der Waals surface area contributed by atoms with Gasteiger partial charge < -0.3 is 10.5 Å². The van der Waals surface area contributed by atoms with Crippen LogP contribution in [0.1, 0.15) is 43.7 Å². The maximum atomic E-state index is 5.56. The molecule has 0 spiro atoms. The van der Waals surface area contributed by atoms with Gasteiger partial charge in [-0.2, -0.15) is 0 Å². The molecule has 0 fully saturated rings. The number of nitrogens with two attached hydrogens (primary N) is 1. The van der Waals surface area contributed by atoms with E-state index in [-0.39, 0.29) is 0 Å². The second-order valence-corrected chi connectivity index (χ2v) is 4.92. The summed E-state index contributed by atoms with van der Waals surface area (Å²) >= 11 is 0. The van der Waals surface area contributed by atoms with Crippen LogP contribution in [0.15, 0.2) is 24.3 Å². The van der Waals surface area contributed by atoms with Gasteiger partial charge >= 0.3 is 0 Å². The van der Waals surface area contributed by atoms with Gasteiger partial charge in [-0.25, -0.2) is 0 Å². The van der Waals surface area contributed by atoms with Crippen LogP contribution >= 0.6 is 0 Å². The Labute approximate surface area is 112 Å². The Morgan fingerprint density at radius 3 is 2.67 bits per heavy atom. The van der Waals surface area contributed by atoms with Crippen LogP contribution < -0.4 is 5.73 Å². The molecule has 0 aliphatic carbocycles. The van der Waals surface area contributed by atoms with Gasteiger partial charge in [-0.15, -0.1) is 0 Å². The van der Waals surface area contributed by atoms with Crippen molar-refractivity contribution in [3.63, 3.8) is 0 Å². The van der Waals surface area contributed by atoms with Crippen LogP contribution in [0.3, 0.4) is 0 Å². The summed E-state index contributed by atoms with van der Waals surface area (Å²) in [6, 6.07) is 8.83. The van der Waals surface area contributed by atoms with Crippen molar-refractivity contribution in [1.82, 2.24) is 0 Å². The van der Waals surface area contributed by atoms with Crippen LogP contribution in [0.25, 0.3) is 0 Å². The maximum absolute atomic E-state index is 5.56. The van der Waals surface area contributed by atoms with Crippen LogP contribution in [0, 0.1) is 0 Å². The summed E-state index contributed by atoms with van der Waals surface area (Å²) in [7, 11) is 1.82. The number of aryl methyl sites for hydroxylation is 1. The molecule has 1 atom stereocenters. The van der Waals surface area contributed by atoms with Gasteiger partial charge in [0.15, 0.2) is 0 Å². The number of benzene rings is 1. The van der Waals surface area contributed by atoms with E-state index in [0.29, 0.717) is 6.10 Å². The Kier molecular flexibility index (Phi) is 7.70. The Balaban J connectivity index is 2.53. The Morgan fingerprint density at radius 2 is 2.00 bits per heavy atom. The summed E-state index contributed by atoms with van der Waals surface area (Å²) in [5, 5.41) is 0. The topological polar surface area (TPSA) is 35.2 Å². The standard InChI is InChI=1S/C16H27NO/c1-3-4-10-16(18-2)13-15-8-5-7-14(12-15)9-6-11-17/h5,7-8,12,16H,3-4,6,9-11,13,17H2,1-2H3. The Hall–Kier alpha value is -0.860. The van der Waals surface area contributed by atoms with Crippen molar-refractivity contribution in [3.05, 3.63) is 35.4 Å².